The fourth-order valence-electron chi connectivity index (χ4n) is 4.49. The molecule has 0 heterocycles. The Balaban J connectivity index is 1.84. The molecule has 0 aromatic carbocycles. The first-order valence-corrected chi connectivity index (χ1v) is 9.80. The molecule has 2 saturated carbocycles. The summed E-state index contributed by atoms with van der Waals surface area (Å²) in [5.74, 6) is 9.29. The minimum absolute atomic E-state index is 0.409. The lowest BCUT2D eigenvalue weighted by atomic mass is 9.71. The van der Waals surface area contributed by atoms with Crippen LogP contribution >= 0.6 is 0 Å². The third-order valence-corrected chi connectivity index (χ3v) is 5.89. The van der Waals surface area contributed by atoms with Crippen molar-refractivity contribution in [3.05, 3.63) is 0 Å². The molecule has 0 N–H and O–H groups in total. The second-order valence-corrected chi connectivity index (χ2v) is 7.72. The van der Waals surface area contributed by atoms with Gasteiger partial charge in [0.05, 0.1) is 0 Å². The molecule has 21 heavy (non-hydrogen) atoms. The number of rotatable bonds is 5. The molecule has 2 aliphatic carbocycles. The average molecular weight is 289 g/mol. The average Bonchev–Trinajstić information content (AvgIpc) is 2.53. The highest BCUT2D eigenvalue weighted by Gasteiger charge is 2.29. The first kappa shape index (κ1) is 16.9. The van der Waals surface area contributed by atoms with Crippen molar-refractivity contribution < 1.29 is 0 Å². The Morgan fingerprint density at radius 2 is 1.62 bits per heavy atom. The van der Waals surface area contributed by atoms with Gasteiger partial charge in [0, 0.05) is 11.3 Å². The summed E-state index contributed by atoms with van der Waals surface area (Å²) in [6, 6.07) is 0. The van der Waals surface area contributed by atoms with E-state index in [1.807, 2.05) is 0 Å². The summed E-state index contributed by atoms with van der Waals surface area (Å²) in [7, 11) is 0. The van der Waals surface area contributed by atoms with Crippen LogP contribution in [0.3, 0.4) is 0 Å². The molecule has 0 heteroatoms. The fourth-order valence-corrected chi connectivity index (χ4v) is 4.49. The van der Waals surface area contributed by atoms with Crippen molar-refractivity contribution in [3.63, 3.8) is 0 Å². The van der Waals surface area contributed by atoms with Crippen LogP contribution in [0, 0.1) is 29.1 Å². The first-order chi connectivity index (χ1) is 10.3. The van der Waals surface area contributed by atoms with Gasteiger partial charge in [-0.25, -0.2) is 0 Å². The SMILES string of the molecule is CCCCC1CCC(C#CC2(CCC)CCCCC2)CC1. The van der Waals surface area contributed by atoms with Crippen molar-refractivity contribution in [2.75, 3.05) is 0 Å². The maximum atomic E-state index is 3.81. The monoisotopic (exact) mass is 288 g/mol. The molecule has 0 radical (unpaired) electrons. The Kier molecular flexibility index (Phi) is 7.15. The molecule has 0 spiro atoms. The minimum atomic E-state index is 0.409. The van der Waals surface area contributed by atoms with Crippen molar-refractivity contribution in [2.45, 2.75) is 104 Å². The van der Waals surface area contributed by atoms with Gasteiger partial charge < -0.3 is 0 Å². The largest absolute Gasteiger partial charge is 0.0993 e. The lowest BCUT2D eigenvalue weighted by Gasteiger charge is -2.33. The summed E-state index contributed by atoms with van der Waals surface area (Å²) >= 11 is 0. The van der Waals surface area contributed by atoms with E-state index in [1.165, 1.54) is 89.9 Å². The fraction of sp³-hybridized carbons (Fsp3) is 0.905. The van der Waals surface area contributed by atoms with Gasteiger partial charge in [-0.1, -0.05) is 70.6 Å². The van der Waals surface area contributed by atoms with Crippen molar-refractivity contribution in [2.24, 2.45) is 17.3 Å². The molecule has 0 bridgehead atoms. The normalized spacial score (nSPS) is 28.7. The van der Waals surface area contributed by atoms with Gasteiger partial charge in [-0.05, 0) is 50.9 Å². The van der Waals surface area contributed by atoms with Gasteiger partial charge in [0.15, 0.2) is 0 Å². The highest BCUT2D eigenvalue weighted by atomic mass is 14.3. The molecule has 0 nitrogen and oxygen atoms in total. The lowest BCUT2D eigenvalue weighted by Crippen LogP contribution is -2.22. The Hall–Kier alpha value is -0.440. The molecule has 120 valence electrons. The summed E-state index contributed by atoms with van der Waals surface area (Å²) in [6.45, 7) is 4.64. The van der Waals surface area contributed by atoms with E-state index >= 15 is 0 Å². The van der Waals surface area contributed by atoms with Crippen LogP contribution in [0.2, 0.25) is 0 Å². The van der Waals surface area contributed by atoms with Gasteiger partial charge in [0.25, 0.3) is 0 Å². The van der Waals surface area contributed by atoms with E-state index in [4.69, 9.17) is 0 Å². The molecule has 0 aromatic heterocycles. The van der Waals surface area contributed by atoms with Gasteiger partial charge in [-0.2, -0.15) is 0 Å². The predicted octanol–water partition coefficient (Wildman–Crippen LogP) is 6.74. The van der Waals surface area contributed by atoms with Gasteiger partial charge in [0.2, 0.25) is 0 Å². The molecular weight excluding hydrogens is 252 g/mol. The maximum Gasteiger partial charge on any atom is 0.0314 e. The van der Waals surface area contributed by atoms with Crippen molar-refractivity contribution in [3.8, 4) is 11.8 Å². The Labute approximate surface area is 133 Å². The van der Waals surface area contributed by atoms with Crippen molar-refractivity contribution in [1.82, 2.24) is 0 Å². The molecule has 0 unspecified atom stereocenters. The van der Waals surface area contributed by atoms with Crippen LogP contribution in [0.4, 0.5) is 0 Å². The zero-order chi connectivity index (χ0) is 15.0. The molecule has 0 aromatic rings. The summed E-state index contributed by atoms with van der Waals surface area (Å²) in [6.07, 6.45) is 19.6. The van der Waals surface area contributed by atoms with E-state index in [2.05, 4.69) is 25.7 Å². The molecular formula is C21H36. The van der Waals surface area contributed by atoms with Crippen molar-refractivity contribution in [1.29, 1.82) is 0 Å². The molecule has 0 atom stereocenters. The molecule has 2 rings (SSSR count). The molecule has 2 aliphatic rings. The molecule has 0 aliphatic heterocycles. The lowest BCUT2D eigenvalue weighted by molar-refractivity contribution is 0.248. The standard InChI is InChI=1S/C21H36/c1-3-5-9-19-10-12-20(13-11-19)14-18-21(15-4-2)16-7-6-8-17-21/h19-20H,3-13,15-17H2,1-2H3. The van der Waals surface area contributed by atoms with Gasteiger partial charge in [0.1, 0.15) is 0 Å². The van der Waals surface area contributed by atoms with Crippen LogP contribution in [-0.2, 0) is 0 Å². The second-order valence-electron chi connectivity index (χ2n) is 7.72. The summed E-state index contributed by atoms with van der Waals surface area (Å²) in [4.78, 5) is 0. The third kappa shape index (κ3) is 5.36. The zero-order valence-electron chi connectivity index (χ0n) is 14.6. The van der Waals surface area contributed by atoms with Gasteiger partial charge in [-0.15, -0.1) is 0 Å². The van der Waals surface area contributed by atoms with Crippen LogP contribution in [0.5, 0.6) is 0 Å². The smallest absolute Gasteiger partial charge is 0.0314 e. The predicted molar refractivity (Wildman–Crippen MR) is 93.2 cm³/mol. The quantitative estimate of drug-likeness (QED) is 0.491. The Morgan fingerprint density at radius 1 is 0.905 bits per heavy atom. The summed E-state index contributed by atoms with van der Waals surface area (Å²) in [5.41, 5.74) is 0.409. The molecule has 2 fully saturated rings. The topological polar surface area (TPSA) is 0 Å². The molecule has 0 saturated heterocycles. The summed E-state index contributed by atoms with van der Waals surface area (Å²) < 4.78 is 0. The highest BCUT2D eigenvalue weighted by molar-refractivity contribution is 5.15. The van der Waals surface area contributed by atoms with E-state index in [0.29, 0.717) is 5.41 Å². The van der Waals surface area contributed by atoms with Crippen molar-refractivity contribution >= 4 is 0 Å². The number of hydrogen-bond acceptors (Lipinski definition) is 0. The number of unbranched alkanes of at least 4 members (excludes halogenated alkanes) is 1. The van der Waals surface area contributed by atoms with Crippen LogP contribution < -0.4 is 0 Å². The van der Waals surface area contributed by atoms with Gasteiger partial charge >= 0.3 is 0 Å². The van der Waals surface area contributed by atoms with E-state index in [-0.39, 0.29) is 0 Å². The third-order valence-electron chi connectivity index (χ3n) is 5.89. The van der Waals surface area contributed by atoms with E-state index in [9.17, 15) is 0 Å². The minimum Gasteiger partial charge on any atom is -0.0993 e. The van der Waals surface area contributed by atoms with Gasteiger partial charge in [-0.3, -0.25) is 0 Å². The zero-order valence-corrected chi connectivity index (χ0v) is 14.6. The van der Waals surface area contributed by atoms with E-state index in [0.717, 1.165) is 11.8 Å². The first-order valence-electron chi connectivity index (χ1n) is 9.80. The second kappa shape index (κ2) is 8.87. The Bertz CT molecular complexity index is 323. The molecule has 0 amide bonds. The van der Waals surface area contributed by atoms with Crippen LogP contribution in [0.15, 0.2) is 0 Å². The number of hydrogen-bond donors (Lipinski definition) is 0. The van der Waals surface area contributed by atoms with E-state index in [1.54, 1.807) is 0 Å². The Morgan fingerprint density at radius 3 is 2.24 bits per heavy atom. The maximum absolute atomic E-state index is 3.81. The summed E-state index contributed by atoms with van der Waals surface area (Å²) in [5, 5.41) is 0. The van der Waals surface area contributed by atoms with Crippen LogP contribution in [0.25, 0.3) is 0 Å². The van der Waals surface area contributed by atoms with Crippen LogP contribution in [0.1, 0.15) is 104 Å². The van der Waals surface area contributed by atoms with E-state index < -0.39 is 0 Å². The van der Waals surface area contributed by atoms with Crippen LogP contribution in [-0.4, -0.2) is 0 Å². The highest BCUT2D eigenvalue weighted by Crippen LogP contribution is 2.40.